The van der Waals surface area contributed by atoms with Gasteiger partial charge in [0.25, 0.3) is 0 Å². The number of amides is 2. The fraction of sp³-hybridized carbons (Fsp3) is 0.333. The van der Waals surface area contributed by atoms with Gasteiger partial charge in [-0.2, -0.15) is 5.10 Å². The van der Waals surface area contributed by atoms with Crippen LogP contribution in [-0.2, 0) is 0 Å². The Morgan fingerprint density at radius 2 is 2.35 bits per heavy atom. The van der Waals surface area contributed by atoms with Crippen LogP contribution in [0.25, 0.3) is 0 Å². The molecule has 0 saturated carbocycles. The lowest BCUT2D eigenvalue weighted by molar-refractivity contribution is 0.249. The first-order valence-electron chi connectivity index (χ1n) is 5.39. The Morgan fingerprint density at radius 1 is 1.59 bits per heavy atom. The second-order valence-electron chi connectivity index (χ2n) is 4.01. The van der Waals surface area contributed by atoms with E-state index in [-0.39, 0.29) is 0 Å². The third-order valence-electron chi connectivity index (χ3n) is 1.83. The summed E-state index contributed by atoms with van der Waals surface area (Å²) in [6.07, 6.45) is 1.51. The van der Waals surface area contributed by atoms with E-state index >= 15 is 0 Å². The van der Waals surface area contributed by atoms with Crippen LogP contribution >= 0.6 is 0 Å². The van der Waals surface area contributed by atoms with Crippen molar-refractivity contribution in [2.24, 2.45) is 16.8 Å². The molecule has 0 aliphatic heterocycles. The molecule has 0 heterocycles. The Labute approximate surface area is 101 Å². The minimum Gasteiger partial charge on any atom is -0.493 e. The average Bonchev–Trinajstić information content (AvgIpc) is 2.26. The number of carbonyl (C=O) groups excluding carboxylic acids is 1. The molecule has 5 nitrogen and oxygen atoms in total. The number of nitrogens with zero attached hydrogens (tertiary/aromatic N) is 1. The van der Waals surface area contributed by atoms with Crippen molar-refractivity contribution in [2.75, 3.05) is 6.61 Å². The maximum atomic E-state index is 10.4. The summed E-state index contributed by atoms with van der Waals surface area (Å²) in [4.78, 5) is 10.4. The number of hydrogen-bond acceptors (Lipinski definition) is 3. The van der Waals surface area contributed by atoms with E-state index in [1.54, 1.807) is 0 Å². The van der Waals surface area contributed by atoms with Crippen molar-refractivity contribution in [2.45, 2.75) is 13.8 Å². The Balaban J connectivity index is 2.59. The normalized spacial score (nSPS) is 10.8. The standard InChI is InChI=1S/C12H17N3O2/c1-9(2)8-17-11-5-3-4-10(6-11)7-14-15-12(13)16/h3-7,9H,8H2,1-2H3,(H3,13,15,16)/b14-7-. The zero-order valence-electron chi connectivity index (χ0n) is 10.0. The third kappa shape index (κ3) is 5.55. The maximum absolute atomic E-state index is 10.4. The van der Waals surface area contributed by atoms with Gasteiger partial charge in [0.1, 0.15) is 5.75 Å². The summed E-state index contributed by atoms with van der Waals surface area (Å²) in [5.41, 5.74) is 7.84. The van der Waals surface area contributed by atoms with Crippen LogP contribution in [0, 0.1) is 5.92 Å². The molecule has 2 amide bonds. The number of rotatable bonds is 5. The number of nitrogens with two attached hydrogens (primary N) is 1. The van der Waals surface area contributed by atoms with Crippen LogP contribution in [-0.4, -0.2) is 18.9 Å². The minimum absolute atomic E-state index is 0.476. The Bertz CT molecular complexity index is 402. The number of benzene rings is 1. The van der Waals surface area contributed by atoms with E-state index in [0.29, 0.717) is 12.5 Å². The summed E-state index contributed by atoms with van der Waals surface area (Å²) in [5.74, 6) is 1.26. The number of carbonyl (C=O) groups is 1. The summed E-state index contributed by atoms with van der Waals surface area (Å²) in [7, 11) is 0. The summed E-state index contributed by atoms with van der Waals surface area (Å²) in [6, 6.07) is 6.75. The van der Waals surface area contributed by atoms with Gasteiger partial charge in [-0.25, -0.2) is 10.2 Å². The van der Waals surface area contributed by atoms with Crippen LogP contribution in [0.5, 0.6) is 5.75 Å². The summed E-state index contributed by atoms with van der Waals surface area (Å²) >= 11 is 0. The van der Waals surface area contributed by atoms with E-state index in [0.717, 1.165) is 11.3 Å². The second-order valence-corrected chi connectivity index (χ2v) is 4.01. The average molecular weight is 235 g/mol. The molecule has 1 aromatic rings. The van der Waals surface area contributed by atoms with Crippen molar-refractivity contribution in [3.05, 3.63) is 29.8 Å². The first-order valence-corrected chi connectivity index (χ1v) is 5.39. The fourth-order valence-corrected chi connectivity index (χ4v) is 1.12. The molecular formula is C12H17N3O2. The number of nitrogens with one attached hydrogen (secondary N) is 1. The molecule has 0 radical (unpaired) electrons. The molecule has 92 valence electrons. The molecule has 0 atom stereocenters. The lowest BCUT2D eigenvalue weighted by Gasteiger charge is -2.08. The number of hydrogen-bond donors (Lipinski definition) is 2. The van der Waals surface area contributed by atoms with Gasteiger partial charge in [-0.05, 0) is 23.6 Å². The molecule has 1 aromatic carbocycles. The van der Waals surface area contributed by atoms with Gasteiger partial charge in [-0.1, -0.05) is 26.0 Å². The Hall–Kier alpha value is -2.04. The lowest BCUT2D eigenvalue weighted by Crippen LogP contribution is -2.24. The monoisotopic (exact) mass is 235 g/mol. The highest BCUT2D eigenvalue weighted by Gasteiger charge is 1.97. The van der Waals surface area contributed by atoms with Gasteiger partial charge in [0.15, 0.2) is 0 Å². The molecule has 0 spiro atoms. The highest BCUT2D eigenvalue weighted by molar-refractivity contribution is 5.81. The zero-order valence-corrected chi connectivity index (χ0v) is 10.0. The van der Waals surface area contributed by atoms with Crippen molar-refractivity contribution in [1.82, 2.24) is 5.43 Å². The van der Waals surface area contributed by atoms with Crippen LogP contribution in [0.2, 0.25) is 0 Å². The summed E-state index contributed by atoms with van der Waals surface area (Å²) in [5, 5.41) is 3.67. The smallest absolute Gasteiger partial charge is 0.332 e. The van der Waals surface area contributed by atoms with Gasteiger partial charge in [-0.15, -0.1) is 0 Å². The molecule has 3 N–H and O–H groups in total. The van der Waals surface area contributed by atoms with Gasteiger partial charge >= 0.3 is 6.03 Å². The highest BCUT2D eigenvalue weighted by Crippen LogP contribution is 2.12. The van der Waals surface area contributed by atoms with Gasteiger partial charge < -0.3 is 10.5 Å². The Kier molecular flexibility index (Phi) is 5.00. The van der Waals surface area contributed by atoms with Gasteiger partial charge in [-0.3, -0.25) is 0 Å². The number of ether oxygens (including phenoxy) is 1. The SMILES string of the molecule is CC(C)COc1cccc(/C=N\NC(N)=O)c1. The lowest BCUT2D eigenvalue weighted by atomic mass is 10.2. The molecule has 0 unspecified atom stereocenters. The molecular weight excluding hydrogens is 218 g/mol. The molecule has 1 rings (SSSR count). The third-order valence-corrected chi connectivity index (χ3v) is 1.83. The number of urea groups is 1. The van der Waals surface area contributed by atoms with E-state index in [4.69, 9.17) is 10.5 Å². The summed E-state index contributed by atoms with van der Waals surface area (Å²) in [6.45, 7) is 4.84. The summed E-state index contributed by atoms with van der Waals surface area (Å²) < 4.78 is 5.56. The second kappa shape index (κ2) is 6.52. The molecule has 0 aliphatic rings. The van der Waals surface area contributed by atoms with Gasteiger partial charge in [0.2, 0.25) is 0 Å². The van der Waals surface area contributed by atoms with E-state index in [1.807, 2.05) is 24.3 Å². The topological polar surface area (TPSA) is 76.7 Å². The first kappa shape index (κ1) is 13.0. The fourth-order valence-electron chi connectivity index (χ4n) is 1.12. The number of primary amides is 1. The Morgan fingerprint density at radius 3 is 3.00 bits per heavy atom. The first-order chi connectivity index (χ1) is 8.08. The minimum atomic E-state index is -0.687. The van der Waals surface area contributed by atoms with Gasteiger partial charge in [0, 0.05) is 0 Å². The molecule has 0 aromatic heterocycles. The van der Waals surface area contributed by atoms with Crippen molar-refractivity contribution >= 4 is 12.2 Å². The van der Waals surface area contributed by atoms with E-state index < -0.39 is 6.03 Å². The maximum Gasteiger partial charge on any atom is 0.332 e. The van der Waals surface area contributed by atoms with Crippen LogP contribution in [0.1, 0.15) is 19.4 Å². The van der Waals surface area contributed by atoms with Crippen LogP contribution in [0.4, 0.5) is 4.79 Å². The predicted molar refractivity (Wildman–Crippen MR) is 67.1 cm³/mol. The molecule has 5 heteroatoms. The molecule has 17 heavy (non-hydrogen) atoms. The van der Waals surface area contributed by atoms with Gasteiger partial charge in [0.05, 0.1) is 12.8 Å². The van der Waals surface area contributed by atoms with Crippen LogP contribution in [0.15, 0.2) is 29.4 Å². The van der Waals surface area contributed by atoms with Crippen LogP contribution in [0.3, 0.4) is 0 Å². The van der Waals surface area contributed by atoms with Crippen molar-refractivity contribution in [3.8, 4) is 5.75 Å². The van der Waals surface area contributed by atoms with Crippen molar-refractivity contribution < 1.29 is 9.53 Å². The highest BCUT2D eigenvalue weighted by atomic mass is 16.5. The molecule has 0 fully saturated rings. The van der Waals surface area contributed by atoms with Crippen LogP contribution < -0.4 is 15.9 Å². The molecule has 0 aliphatic carbocycles. The predicted octanol–water partition coefficient (Wildman–Crippen LogP) is 1.72. The van der Waals surface area contributed by atoms with Crippen molar-refractivity contribution in [3.63, 3.8) is 0 Å². The van der Waals surface area contributed by atoms with E-state index in [9.17, 15) is 4.79 Å². The quantitative estimate of drug-likeness (QED) is 0.602. The zero-order chi connectivity index (χ0) is 12.7. The van der Waals surface area contributed by atoms with E-state index in [1.165, 1.54) is 6.21 Å². The number of hydrazone groups is 1. The molecule has 0 saturated heterocycles. The van der Waals surface area contributed by atoms with Crippen molar-refractivity contribution in [1.29, 1.82) is 0 Å². The largest absolute Gasteiger partial charge is 0.493 e. The van der Waals surface area contributed by atoms with E-state index in [2.05, 4.69) is 24.4 Å². The molecule has 0 bridgehead atoms.